The van der Waals surface area contributed by atoms with Crippen molar-refractivity contribution in [2.24, 2.45) is 8.73 Å². The summed E-state index contributed by atoms with van der Waals surface area (Å²) >= 11 is -0.0500. The summed E-state index contributed by atoms with van der Waals surface area (Å²) in [6.45, 7) is 0. The minimum absolute atomic E-state index is 0.0500. The zero-order chi connectivity index (χ0) is 5.41. The van der Waals surface area contributed by atoms with E-state index in [1.807, 2.05) is 0 Å². The Morgan fingerprint density at radius 3 is 1.67 bits per heavy atom. The first-order valence-corrected chi connectivity index (χ1v) is 2.57. The minimum atomic E-state index is -0.0500. The molecule has 5 N–H and O–H groups in total. The Hall–Kier alpha value is -0.0177. The molecule has 0 saturated heterocycles. The van der Waals surface area contributed by atoms with Gasteiger partial charge in [-0.15, -0.1) is 0 Å². The standard InChI is InChI=1S/HNO2.2H2N.Pd/c2-1-3;;;/h1H;2*1H2;/q;2*-1;+2. The van der Waals surface area contributed by atoms with E-state index >= 15 is 0 Å². The Balaban J connectivity index is 0. The van der Waals surface area contributed by atoms with Gasteiger partial charge in [-0.3, -0.25) is 10.1 Å². The van der Waals surface area contributed by atoms with E-state index in [0.29, 0.717) is 0 Å². The van der Waals surface area contributed by atoms with Crippen LogP contribution in [0.5, 0.6) is 0 Å². The molecule has 0 saturated carbocycles. The van der Waals surface area contributed by atoms with E-state index in [4.69, 9.17) is 10.1 Å². The van der Waals surface area contributed by atoms with Gasteiger partial charge in [0.05, 0.1) is 0 Å². The van der Waals surface area contributed by atoms with E-state index < -0.39 is 0 Å². The third-order valence-corrected chi connectivity index (χ3v) is 0. The predicted molar refractivity (Wildman–Crippen MR) is 16.1 cm³/mol. The van der Waals surface area contributed by atoms with E-state index in [-0.39, 0.29) is 23.8 Å². The third-order valence-electron chi connectivity index (χ3n) is 0. The fourth-order valence-corrected chi connectivity index (χ4v) is 0. The van der Waals surface area contributed by atoms with Gasteiger partial charge in [0.15, 0.2) is 0 Å². The second-order valence-electron chi connectivity index (χ2n) is 0.189. The Kier molecular flexibility index (Phi) is 31.4. The van der Waals surface area contributed by atoms with Crippen LogP contribution >= 0.6 is 0 Å². The van der Waals surface area contributed by atoms with E-state index in [2.05, 4.69) is 8.73 Å². The van der Waals surface area contributed by atoms with Gasteiger partial charge >= 0.3 is 27.2 Å². The Bertz CT molecular complexity index is 22.8. The molecule has 0 bridgehead atoms. The second-order valence-corrected chi connectivity index (χ2v) is 0.707. The first kappa shape index (κ1) is 9.36. The average Bonchev–Trinajstić information content (AvgIpc) is 1.39. The first-order chi connectivity index (χ1) is 2.83. The summed E-state index contributed by atoms with van der Waals surface area (Å²) in [5.41, 5.74) is 0. The number of nitrogens with two attached hydrogens (primary N) is 2. The van der Waals surface area contributed by atoms with E-state index in [9.17, 15) is 0 Å². The molecule has 0 atom stereocenters. The fourth-order valence-electron chi connectivity index (χ4n) is 0. The van der Waals surface area contributed by atoms with Crippen LogP contribution in [0.4, 0.5) is 0 Å². The van der Waals surface area contributed by atoms with Crippen molar-refractivity contribution in [1.82, 2.24) is 0 Å². The summed E-state index contributed by atoms with van der Waals surface area (Å²) in [6.07, 6.45) is 0. The maximum atomic E-state index is 8.12. The summed E-state index contributed by atoms with van der Waals surface area (Å²) in [4.78, 5) is 8.12. The number of hydrogen-bond donors (Lipinski definition) is 3. The van der Waals surface area contributed by atoms with Gasteiger partial charge < -0.3 is 0 Å². The number of rotatable bonds is 0. The van der Waals surface area contributed by atoms with Crippen LogP contribution in [0.1, 0.15) is 0 Å². The van der Waals surface area contributed by atoms with Crippen molar-refractivity contribution in [3.63, 3.8) is 0 Å². The van der Waals surface area contributed by atoms with Crippen LogP contribution in [0.15, 0.2) is 0 Å². The first-order valence-electron chi connectivity index (χ1n) is 0.773. The molecule has 42 valence electrons. The molecule has 0 aliphatic carbocycles. The van der Waals surface area contributed by atoms with Crippen molar-refractivity contribution in [2.45, 2.75) is 0 Å². The van der Waals surface area contributed by atoms with Gasteiger partial charge in [0.1, 0.15) is 0 Å². The van der Waals surface area contributed by atoms with Gasteiger partial charge in [-0.25, -0.2) is 0 Å². The molecule has 0 unspecified atom stereocenters. The maximum absolute atomic E-state index is 8.12. The summed E-state index contributed by atoms with van der Waals surface area (Å²) in [7, 11) is 0. The Morgan fingerprint density at radius 2 is 1.67 bits per heavy atom. The molecule has 5 nitrogen and oxygen atoms in total. The molecule has 6 heavy (non-hydrogen) atoms. The quantitative estimate of drug-likeness (QED) is 0.214. The molecule has 0 aromatic heterocycles. The molecule has 0 aromatic carbocycles. The van der Waals surface area contributed by atoms with E-state index in [1.165, 1.54) is 0 Å². The van der Waals surface area contributed by atoms with Crippen LogP contribution in [0.2, 0.25) is 0 Å². The molecule has 0 fully saturated rings. The van der Waals surface area contributed by atoms with Crippen molar-refractivity contribution in [1.29, 1.82) is 0 Å². The molecular weight excluding hydrogens is 180 g/mol. The van der Waals surface area contributed by atoms with Gasteiger partial charge in [-0.05, 0) is 0 Å². The van der Waals surface area contributed by atoms with Gasteiger partial charge in [-0.1, -0.05) is 0 Å². The zero-order valence-electron chi connectivity index (χ0n) is 2.79. The van der Waals surface area contributed by atoms with Gasteiger partial charge in [-0.2, -0.15) is 0 Å². The molecule has 0 amide bonds. The Labute approximate surface area is 43.4 Å². The molecule has 0 aliphatic rings. The molecule has 0 aliphatic heterocycles. The SMILES string of the molecule is O=[NH+][O-].[NH2][Pd][NH2]. The van der Waals surface area contributed by atoms with Crippen molar-refractivity contribution in [2.75, 3.05) is 0 Å². The monoisotopic (exact) mass is 185 g/mol. The van der Waals surface area contributed by atoms with Crippen LogP contribution in [0.3, 0.4) is 0 Å². The molecule has 0 radical (unpaired) electrons. The van der Waals surface area contributed by atoms with E-state index in [0.717, 1.165) is 0 Å². The van der Waals surface area contributed by atoms with Crippen LogP contribution in [-0.2, 0) is 18.5 Å². The van der Waals surface area contributed by atoms with Crippen LogP contribution < -0.4 is 14.1 Å². The average molecular weight is 185 g/mol. The molecule has 0 heterocycles. The van der Waals surface area contributed by atoms with Gasteiger partial charge in [0.25, 0.3) is 0 Å². The van der Waals surface area contributed by atoms with Crippen molar-refractivity contribution in [3.8, 4) is 0 Å². The molecular formula is H5N3O2Pd. The Morgan fingerprint density at radius 1 is 1.67 bits per heavy atom. The molecule has 6 heteroatoms. The van der Waals surface area contributed by atoms with Crippen molar-refractivity contribution >= 4 is 0 Å². The molecule has 0 rings (SSSR count). The zero-order valence-corrected chi connectivity index (χ0v) is 4.34. The summed E-state index contributed by atoms with van der Waals surface area (Å²) in [5.74, 6) is 0. The predicted octanol–water partition coefficient (Wildman–Crippen LogP) is -2.85. The fraction of sp³-hybridized carbons (Fsp3) is 0. The number of nitrogens with one attached hydrogen (secondary N) is 1. The van der Waals surface area contributed by atoms with Gasteiger partial charge in [0, 0.05) is 5.34 Å². The van der Waals surface area contributed by atoms with Crippen LogP contribution in [-0.4, -0.2) is 0 Å². The molecule has 0 aromatic rings. The third kappa shape index (κ3) is 114000. The second kappa shape index (κ2) is 20.1. The van der Waals surface area contributed by atoms with Crippen LogP contribution in [0.25, 0.3) is 0 Å². The van der Waals surface area contributed by atoms with Gasteiger partial charge in [0.2, 0.25) is 0 Å². The van der Waals surface area contributed by atoms with Crippen molar-refractivity contribution in [3.05, 3.63) is 10.1 Å². The summed E-state index contributed by atoms with van der Waals surface area (Å²) < 4.78 is 9.35. The van der Waals surface area contributed by atoms with Crippen LogP contribution in [0, 0.1) is 10.1 Å². The summed E-state index contributed by atoms with van der Waals surface area (Å²) in [6, 6.07) is 0. The van der Waals surface area contributed by atoms with E-state index in [1.54, 1.807) is 0 Å². The normalized spacial score (nSPS) is 5.67. The molecule has 0 spiro atoms. The van der Waals surface area contributed by atoms with Crippen molar-refractivity contribution < 1.29 is 23.8 Å². The number of hydrogen-bond acceptors (Lipinski definition) is 4. The summed E-state index contributed by atoms with van der Waals surface area (Å²) in [5, 5.41) is 8.38. The topological polar surface area (TPSA) is 106 Å².